The van der Waals surface area contributed by atoms with Gasteiger partial charge in [-0.05, 0) is 30.2 Å². The number of halogens is 1. The number of ether oxygens (including phenoxy) is 1. The maximum atomic E-state index is 13.9. The van der Waals surface area contributed by atoms with Crippen molar-refractivity contribution >= 4 is 28.8 Å². The second-order valence-corrected chi connectivity index (χ2v) is 7.87. The molecule has 0 saturated carbocycles. The van der Waals surface area contributed by atoms with Gasteiger partial charge in [-0.2, -0.15) is 0 Å². The molecule has 0 bridgehead atoms. The average molecular weight is 421 g/mol. The fourth-order valence-corrected chi connectivity index (χ4v) is 4.40. The van der Waals surface area contributed by atoms with Crippen LogP contribution in [0.15, 0.2) is 72.1 Å². The van der Waals surface area contributed by atoms with E-state index in [2.05, 4.69) is 9.97 Å². The third-order valence-corrected chi connectivity index (χ3v) is 6.15. The van der Waals surface area contributed by atoms with E-state index in [1.165, 1.54) is 37.3 Å². The molecule has 7 heteroatoms. The van der Waals surface area contributed by atoms with E-state index in [0.717, 1.165) is 16.5 Å². The minimum absolute atomic E-state index is 0.292. The molecule has 0 aliphatic rings. The molecule has 2 heterocycles. The van der Waals surface area contributed by atoms with E-state index in [1.807, 2.05) is 54.1 Å². The zero-order valence-electron chi connectivity index (χ0n) is 16.6. The summed E-state index contributed by atoms with van der Waals surface area (Å²) in [5, 5.41) is 1.13. The quantitative estimate of drug-likeness (QED) is 0.241. The molecular weight excluding hydrogens is 401 g/mol. The summed E-state index contributed by atoms with van der Waals surface area (Å²) in [5.74, 6) is -0.615. The summed E-state index contributed by atoms with van der Waals surface area (Å²) in [4.78, 5) is 21.1. The molecule has 0 fully saturated rings. The molecule has 5 nitrogen and oxygen atoms in total. The van der Waals surface area contributed by atoms with E-state index in [-0.39, 0.29) is 17.0 Å². The lowest BCUT2D eigenvalue weighted by Gasteiger charge is -2.12. The molecule has 2 aromatic carbocycles. The largest absolute Gasteiger partial charge is 0.468 e. The highest BCUT2D eigenvalue weighted by atomic mass is 32.2. The van der Waals surface area contributed by atoms with Crippen LogP contribution in [-0.2, 0) is 9.53 Å². The predicted octanol–water partition coefficient (Wildman–Crippen LogP) is 5.27. The minimum Gasteiger partial charge on any atom is -0.468 e. The third kappa shape index (κ3) is 3.80. The summed E-state index contributed by atoms with van der Waals surface area (Å²) < 4.78 is 20.7. The first-order valence-electron chi connectivity index (χ1n) is 9.54. The summed E-state index contributed by atoms with van der Waals surface area (Å²) in [6.07, 6.45) is 4.01. The molecule has 0 unspecified atom stereocenters. The van der Waals surface area contributed by atoms with Gasteiger partial charge in [0.1, 0.15) is 28.1 Å². The number of methoxy groups -OCH3 is 1. The minimum atomic E-state index is -0.380. The lowest BCUT2D eigenvalue weighted by Crippen LogP contribution is -2.17. The third-order valence-electron chi connectivity index (χ3n) is 4.81. The van der Waals surface area contributed by atoms with E-state index in [9.17, 15) is 9.18 Å². The van der Waals surface area contributed by atoms with E-state index in [0.29, 0.717) is 22.8 Å². The fourth-order valence-electron chi connectivity index (χ4n) is 3.35. The number of fused-ring (bicyclic) bond motifs is 1. The topological polar surface area (TPSA) is 57.0 Å². The molecule has 0 radical (unpaired) electrons. The maximum Gasteiger partial charge on any atom is 0.319 e. The van der Waals surface area contributed by atoms with Crippen LogP contribution in [0, 0.1) is 5.82 Å². The molecule has 1 atom stereocenters. The van der Waals surface area contributed by atoms with Crippen LogP contribution in [0.2, 0.25) is 0 Å². The second-order valence-electron chi connectivity index (χ2n) is 6.67. The number of carbonyl (C=O) groups excluding carboxylic acids is 1. The Morgan fingerprint density at radius 3 is 2.67 bits per heavy atom. The fraction of sp³-hybridized carbons (Fsp3) is 0.174. The number of esters is 1. The molecule has 0 saturated heterocycles. The second kappa shape index (κ2) is 8.67. The van der Waals surface area contributed by atoms with Gasteiger partial charge in [0, 0.05) is 17.4 Å². The number of hydrogen-bond donors (Lipinski definition) is 0. The molecule has 30 heavy (non-hydrogen) atoms. The Balaban J connectivity index is 1.95. The predicted molar refractivity (Wildman–Crippen MR) is 116 cm³/mol. The Bertz CT molecular complexity index is 1190. The first-order chi connectivity index (χ1) is 14.6. The molecule has 152 valence electrons. The van der Waals surface area contributed by atoms with Gasteiger partial charge < -0.3 is 9.30 Å². The van der Waals surface area contributed by atoms with E-state index < -0.39 is 0 Å². The van der Waals surface area contributed by atoms with Crippen molar-refractivity contribution < 1.29 is 13.9 Å². The van der Waals surface area contributed by atoms with Gasteiger partial charge in [-0.15, -0.1) is 0 Å². The maximum absolute atomic E-state index is 13.9. The molecule has 4 rings (SSSR count). The lowest BCUT2D eigenvalue weighted by atomic mass is 10.1. The van der Waals surface area contributed by atoms with Crippen LogP contribution in [0.4, 0.5) is 4.39 Å². The molecule has 0 aliphatic carbocycles. The molecule has 4 aromatic rings. The number of rotatable bonds is 6. The Morgan fingerprint density at radius 2 is 1.97 bits per heavy atom. The van der Waals surface area contributed by atoms with Crippen molar-refractivity contribution in [3.05, 3.63) is 72.9 Å². The van der Waals surface area contributed by atoms with Crippen molar-refractivity contribution in [3.63, 3.8) is 0 Å². The Morgan fingerprint density at radius 1 is 1.17 bits per heavy atom. The summed E-state index contributed by atoms with van der Waals surface area (Å²) in [5.41, 5.74) is 3.21. The van der Waals surface area contributed by atoms with Gasteiger partial charge in [0.25, 0.3) is 0 Å². The highest BCUT2D eigenvalue weighted by molar-refractivity contribution is 8.00. The van der Waals surface area contributed by atoms with E-state index in [1.54, 1.807) is 6.07 Å². The standard InChI is InChI=1S/C23H20FN3O2S/c1-3-19(23(28)29-2)30-22-20-18(15-8-5-4-6-9-15)13-27(21(20)25-14-26-22)17-11-7-10-16(24)12-17/h4-14,19H,3H2,1-2H3/t19-/m0/s1. The van der Waals surface area contributed by atoms with Gasteiger partial charge in [-0.1, -0.05) is 55.1 Å². The zero-order valence-corrected chi connectivity index (χ0v) is 17.4. The first kappa shape index (κ1) is 20.1. The van der Waals surface area contributed by atoms with Crippen molar-refractivity contribution in [2.75, 3.05) is 7.11 Å². The first-order valence-corrected chi connectivity index (χ1v) is 10.4. The highest BCUT2D eigenvalue weighted by Crippen LogP contribution is 2.38. The van der Waals surface area contributed by atoms with Gasteiger partial charge in [0.15, 0.2) is 0 Å². The molecular formula is C23H20FN3O2S. The number of thioether (sulfide) groups is 1. The van der Waals surface area contributed by atoms with Gasteiger partial charge in [-0.3, -0.25) is 4.79 Å². The van der Waals surface area contributed by atoms with Gasteiger partial charge in [0.2, 0.25) is 0 Å². The summed E-state index contributed by atoms with van der Waals surface area (Å²) in [6.45, 7) is 1.93. The van der Waals surface area contributed by atoms with Gasteiger partial charge in [0.05, 0.1) is 12.5 Å². The highest BCUT2D eigenvalue weighted by Gasteiger charge is 2.24. The number of hydrogen-bond acceptors (Lipinski definition) is 5. The Hall–Kier alpha value is -3.19. The molecule has 0 amide bonds. The number of carbonyl (C=O) groups is 1. The van der Waals surface area contributed by atoms with Crippen LogP contribution in [0.1, 0.15) is 13.3 Å². The summed E-state index contributed by atoms with van der Waals surface area (Å²) in [7, 11) is 1.39. The monoisotopic (exact) mass is 421 g/mol. The van der Waals surface area contributed by atoms with Crippen LogP contribution in [0.5, 0.6) is 0 Å². The van der Waals surface area contributed by atoms with Crippen molar-refractivity contribution in [3.8, 4) is 16.8 Å². The number of benzene rings is 2. The van der Waals surface area contributed by atoms with Crippen molar-refractivity contribution in [2.24, 2.45) is 0 Å². The number of aromatic nitrogens is 3. The van der Waals surface area contributed by atoms with Crippen molar-refractivity contribution in [2.45, 2.75) is 23.6 Å². The lowest BCUT2D eigenvalue weighted by molar-refractivity contribution is -0.140. The number of nitrogens with zero attached hydrogens (tertiary/aromatic N) is 3. The molecule has 0 N–H and O–H groups in total. The summed E-state index contributed by atoms with van der Waals surface area (Å²) in [6, 6.07) is 16.2. The van der Waals surface area contributed by atoms with Gasteiger partial charge >= 0.3 is 5.97 Å². The van der Waals surface area contributed by atoms with Crippen LogP contribution in [0.3, 0.4) is 0 Å². The zero-order chi connectivity index (χ0) is 21.1. The smallest absolute Gasteiger partial charge is 0.319 e. The van der Waals surface area contributed by atoms with Crippen LogP contribution < -0.4 is 0 Å². The van der Waals surface area contributed by atoms with Crippen molar-refractivity contribution in [1.82, 2.24) is 14.5 Å². The van der Waals surface area contributed by atoms with Gasteiger partial charge in [-0.25, -0.2) is 14.4 Å². The average Bonchev–Trinajstić information content (AvgIpc) is 3.18. The summed E-state index contributed by atoms with van der Waals surface area (Å²) >= 11 is 1.36. The Labute approximate surface area is 177 Å². The molecule has 0 spiro atoms. The normalized spacial score (nSPS) is 12.1. The molecule has 2 aromatic heterocycles. The van der Waals surface area contributed by atoms with Crippen molar-refractivity contribution in [1.29, 1.82) is 0 Å². The SMILES string of the molecule is CC[C@H](Sc1ncnc2c1c(-c1ccccc1)cn2-c1cccc(F)c1)C(=O)OC. The van der Waals surface area contributed by atoms with E-state index >= 15 is 0 Å². The van der Waals surface area contributed by atoms with Crippen LogP contribution >= 0.6 is 11.8 Å². The molecule has 0 aliphatic heterocycles. The van der Waals surface area contributed by atoms with Crippen LogP contribution in [-0.4, -0.2) is 32.9 Å². The Kier molecular flexibility index (Phi) is 5.81. The van der Waals surface area contributed by atoms with E-state index in [4.69, 9.17) is 4.74 Å². The van der Waals surface area contributed by atoms with Crippen LogP contribution in [0.25, 0.3) is 27.8 Å².